The van der Waals surface area contributed by atoms with Crippen LogP contribution in [0.2, 0.25) is 0 Å². The van der Waals surface area contributed by atoms with Gasteiger partial charge in [0.2, 0.25) is 0 Å². The summed E-state index contributed by atoms with van der Waals surface area (Å²) in [5, 5.41) is 18.7. The summed E-state index contributed by atoms with van der Waals surface area (Å²) in [6, 6.07) is 16.6. The molecule has 13 heteroatoms. The lowest BCUT2D eigenvalue weighted by molar-refractivity contribution is -0.138. The number of guanidine groups is 1. The molecule has 0 spiro atoms. The molecule has 8 N–H and O–H groups in total. The number of esters is 1. The number of aromatic hydroxyl groups is 1. The monoisotopic (exact) mass is 527 g/mol. The largest absolute Gasteiger partial charge is 0.508 e. The summed E-state index contributed by atoms with van der Waals surface area (Å²) < 4.78 is 34.5. The summed E-state index contributed by atoms with van der Waals surface area (Å²) in [5.41, 5.74) is 12.4. The third kappa shape index (κ3) is 8.61. The number of phenols is 1. The van der Waals surface area contributed by atoms with E-state index >= 15 is 0 Å². The molecule has 0 aliphatic heterocycles. The Kier molecular flexibility index (Phi) is 8.79. The Labute approximate surface area is 212 Å². The lowest BCUT2D eigenvalue weighted by Crippen LogP contribution is -2.47. The molecule has 3 aromatic carbocycles. The molecule has 1 atom stereocenters. The van der Waals surface area contributed by atoms with E-state index in [2.05, 4.69) is 14.4 Å². The van der Waals surface area contributed by atoms with Crippen LogP contribution in [0.1, 0.15) is 21.5 Å². The Balaban J connectivity index is 1.55. The molecule has 3 aromatic rings. The fraction of sp³-hybridized carbons (Fsp3) is 0.125. The first-order valence-electron chi connectivity index (χ1n) is 10.8. The average Bonchev–Trinajstić information content (AvgIpc) is 2.84. The number of aliphatic imine (C=N–C) groups is 1. The number of carboxylic acid groups (broad SMARTS) is 1. The normalized spacial score (nSPS) is 11.9. The highest BCUT2D eigenvalue weighted by Crippen LogP contribution is 2.17. The Morgan fingerprint density at radius 3 is 2.08 bits per heavy atom. The summed E-state index contributed by atoms with van der Waals surface area (Å²) >= 11 is 0. The predicted molar refractivity (Wildman–Crippen MR) is 135 cm³/mol. The van der Waals surface area contributed by atoms with Gasteiger partial charge in [-0.15, -0.1) is 0 Å². The number of ether oxygens (including phenoxy) is 1. The van der Waals surface area contributed by atoms with E-state index in [1.54, 1.807) is 24.3 Å². The highest BCUT2D eigenvalue weighted by atomic mass is 32.2. The van der Waals surface area contributed by atoms with Crippen LogP contribution in [0.3, 0.4) is 0 Å². The smallest absolute Gasteiger partial charge is 0.343 e. The standard InChI is InChI=1S/C24H25N5O7S/c25-24(26)28-18-7-5-17(6-8-18)23(33)36-20-11-3-16(4-12-20)14-27-37(34,35)29-21(22(31)32)13-15-1-9-19(30)10-2-15/h1-12,21,27,29-30H,13-14H2,(H,31,32)(H4,25,26,28). The third-order valence-electron chi connectivity index (χ3n) is 4.93. The summed E-state index contributed by atoms with van der Waals surface area (Å²) in [5.74, 6) is -1.82. The molecule has 0 saturated carbocycles. The maximum Gasteiger partial charge on any atom is 0.343 e. The van der Waals surface area contributed by atoms with E-state index in [1.807, 2.05) is 0 Å². The summed E-state index contributed by atoms with van der Waals surface area (Å²) in [4.78, 5) is 27.7. The van der Waals surface area contributed by atoms with Gasteiger partial charge in [-0.25, -0.2) is 9.79 Å². The van der Waals surface area contributed by atoms with Crippen molar-refractivity contribution in [1.29, 1.82) is 0 Å². The number of nitrogens with zero attached hydrogens (tertiary/aromatic N) is 1. The van der Waals surface area contributed by atoms with Crippen molar-refractivity contribution < 1.29 is 33.0 Å². The number of rotatable bonds is 11. The van der Waals surface area contributed by atoms with Crippen molar-refractivity contribution in [2.45, 2.75) is 19.0 Å². The van der Waals surface area contributed by atoms with Crippen LogP contribution in [-0.4, -0.2) is 42.6 Å². The first-order chi connectivity index (χ1) is 17.5. The zero-order chi connectivity index (χ0) is 27.0. The molecule has 194 valence electrons. The molecule has 0 saturated heterocycles. The van der Waals surface area contributed by atoms with Crippen molar-refractivity contribution in [3.63, 3.8) is 0 Å². The van der Waals surface area contributed by atoms with E-state index in [1.165, 1.54) is 48.5 Å². The highest BCUT2D eigenvalue weighted by Gasteiger charge is 2.24. The molecule has 0 aliphatic rings. The van der Waals surface area contributed by atoms with Crippen molar-refractivity contribution in [3.05, 3.63) is 89.5 Å². The number of nitrogens with two attached hydrogens (primary N) is 2. The van der Waals surface area contributed by atoms with Crippen molar-refractivity contribution in [2.24, 2.45) is 16.5 Å². The van der Waals surface area contributed by atoms with Gasteiger partial charge in [0.15, 0.2) is 5.96 Å². The summed E-state index contributed by atoms with van der Waals surface area (Å²) in [6.45, 7) is -0.138. The van der Waals surface area contributed by atoms with Gasteiger partial charge < -0.3 is 26.4 Å². The lowest BCUT2D eigenvalue weighted by atomic mass is 10.1. The van der Waals surface area contributed by atoms with Crippen LogP contribution in [-0.2, 0) is 28.0 Å². The number of phenolic OH excluding ortho intramolecular Hbond substituents is 1. The van der Waals surface area contributed by atoms with Crippen molar-refractivity contribution >= 4 is 33.8 Å². The molecule has 3 rings (SSSR count). The lowest BCUT2D eigenvalue weighted by Gasteiger charge is -2.15. The Morgan fingerprint density at radius 2 is 1.51 bits per heavy atom. The van der Waals surface area contributed by atoms with Crippen LogP contribution < -0.4 is 25.6 Å². The zero-order valence-corrected chi connectivity index (χ0v) is 20.2. The Bertz CT molecular complexity index is 1370. The molecule has 0 heterocycles. The van der Waals surface area contributed by atoms with Crippen LogP contribution in [0.4, 0.5) is 5.69 Å². The molecular weight excluding hydrogens is 502 g/mol. The second kappa shape index (κ2) is 12.0. The van der Waals surface area contributed by atoms with E-state index in [4.69, 9.17) is 16.2 Å². The highest BCUT2D eigenvalue weighted by molar-refractivity contribution is 7.87. The molecule has 1 unspecified atom stereocenters. The maximum atomic E-state index is 12.4. The minimum absolute atomic E-state index is 0.0110. The molecule has 0 radical (unpaired) electrons. The zero-order valence-electron chi connectivity index (χ0n) is 19.4. The van der Waals surface area contributed by atoms with Crippen LogP contribution in [0.5, 0.6) is 11.5 Å². The van der Waals surface area contributed by atoms with Gasteiger partial charge in [-0.1, -0.05) is 24.3 Å². The second-order valence-electron chi connectivity index (χ2n) is 7.82. The van der Waals surface area contributed by atoms with Gasteiger partial charge in [0.05, 0.1) is 11.3 Å². The van der Waals surface area contributed by atoms with Gasteiger partial charge in [-0.05, 0) is 66.1 Å². The number of carbonyl (C=O) groups is 2. The number of hydrogen-bond acceptors (Lipinski definition) is 7. The second-order valence-corrected chi connectivity index (χ2v) is 9.35. The summed E-state index contributed by atoms with van der Waals surface area (Å²) in [7, 11) is -4.17. The molecule has 0 aliphatic carbocycles. The van der Waals surface area contributed by atoms with E-state index in [-0.39, 0.29) is 36.0 Å². The quantitative estimate of drug-likeness (QED) is 0.0913. The van der Waals surface area contributed by atoms with Crippen LogP contribution in [0.25, 0.3) is 0 Å². The molecule has 0 fully saturated rings. The fourth-order valence-corrected chi connectivity index (χ4v) is 4.12. The van der Waals surface area contributed by atoms with Gasteiger partial charge in [0.1, 0.15) is 17.5 Å². The number of carboxylic acids is 1. The van der Waals surface area contributed by atoms with Crippen LogP contribution in [0.15, 0.2) is 77.8 Å². The fourth-order valence-electron chi connectivity index (χ4n) is 3.12. The van der Waals surface area contributed by atoms with Crippen LogP contribution >= 0.6 is 0 Å². The van der Waals surface area contributed by atoms with E-state index in [0.29, 0.717) is 16.8 Å². The average molecular weight is 528 g/mol. The Hall–Kier alpha value is -4.46. The summed E-state index contributed by atoms with van der Waals surface area (Å²) in [6.07, 6.45) is -0.117. The predicted octanol–water partition coefficient (Wildman–Crippen LogP) is 1.14. The first kappa shape index (κ1) is 27.1. The van der Waals surface area contributed by atoms with Gasteiger partial charge in [-0.3, -0.25) is 4.79 Å². The SMILES string of the molecule is NC(N)=Nc1ccc(C(=O)Oc2ccc(CNS(=O)(=O)NC(Cc3ccc(O)cc3)C(=O)O)cc2)cc1. The molecule has 0 bridgehead atoms. The van der Waals surface area contributed by atoms with Crippen molar-refractivity contribution in [3.8, 4) is 11.5 Å². The minimum Gasteiger partial charge on any atom is -0.508 e. The molecule has 0 aromatic heterocycles. The number of benzene rings is 3. The van der Waals surface area contributed by atoms with Crippen molar-refractivity contribution in [1.82, 2.24) is 9.44 Å². The Morgan fingerprint density at radius 1 is 0.919 bits per heavy atom. The van der Waals surface area contributed by atoms with Gasteiger partial charge in [0, 0.05) is 6.54 Å². The molecule has 37 heavy (non-hydrogen) atoms. The number of hydrogen-bond donors (Lipinski definition) is 6. The van der Waals surface area contributed by atoms with Gasteiger partial charge in [-0.2, -0.15) is 17.9 Å². The van der Waals surface area contributed by atoms with Crippen LogP contribution in [0, 0.1) is 0 Å². The molecule has 0 amide bonds. The van der Waals surface area contributed by atoms with E-state index in [0.717, 1.165) is 0 Å². The first-order valence-corrected chi connectivity index (χ1v) is 12.3. The topological polar surface area (TPSA) is 206 Å². The number of aliphatic carboxylic acids is 1. The van der Waals surface area contributed by atoms with Gasteiger partial charge >= 0.3 is 11.9 Å². The molecular formula is C24H25N5O7S. The molecule has 12 nitrogen and oxygen atoms in total. The van der Waals surface area contributed by atoms with Crippen molar-refractivity contribution in [2.75, 3.05) is 0 Å². The van der Waals surface area contributed by atoms with E-state index in [9.17, 15) is 28.2 Å². The number of nitrogens with one attached hydrogen (secondary N) is 2. The van der Waals surface area contributed by atoms with Gasteiger partial charge in [0.25, 0.3) is 10.2 Å². The van der Waals surface area contributed by atoms with E-state index < -0.39 is 28.2 Å². The maximum absolute atomic E-state index is 12.4. The third-order valence-corrected chi connectivity index (χ3v) is 6.05. The number of carbonyl (C=O) groups excluding carboxylic acids is 1. The minimum atomic E-state index is -4.17.